The van der Waals surface area contributed by atoms with Crippen LogP contribution in [0.25, 0.3) is 22.3 Å². The monoisotopic (exact) mass is 448 g/mol. The van der Waals surface area contributed by atoms with Crippen LogP contribution in [0.3, 0.4) is 0 Å². The normalized spacial score (nSPS) is 11.4. The SMILES string of the molecule is Cc1ccc2oc(-c3ccc(C(=O)NCc4ccc(S(N)(=O)=O)cc4)cc3)cc(=O)c2c1. The van der Waals surface area contributed by atoms with Gasteiger partial charge in [0.1, 0.15) is 11.3 Å². The van der Waals surface area contributed by atoms with Crippen LogP contribution in [0, 0.1) is 6.92 Å². The number of primary sulfonamides is 1. The third kappa shape index (κ3) is 4.61. The van der Waals surface area contributed by atoms with Crippen molar-refractivity contribution in [1.29, 1.82) is 0 Å². The second kappa shape index (κ2) is 8.41. The summed E-state index contributed by atoms with van der Waals surface area (Å²) in [7, 11) is -3.75. The second-order valence-corrected chi connectivity index (χ2v) is 8.98. The molecule has 0 aliphatic carbocycles. The molecule has 0 aliphatic rings. The Hall–Kier alpha value is -3.75. The number of rotatable bonds is 5. The van der Waals surface area contributed by atoms with E-state index in [9.17, 15) is 18.0 Å². The standard InChI is InChI=1S/C24H20N2O5S/c1-15-2-11-22-20(12-15)21(27)13-23(31-22)17-5-7-18(8-6-17)24(28)26-14-16-3-9-19(10-4-16)32(25,29)30/h2-13H,14H2,1H3,(H,26,28)(H2,25,29,30). The highest BCUT2D eigenvalue weighted by atomic mass is 32.2. The molecule has 7 nitrogen and oxygen atoms in total. The fourth-order valence-electron chi connectivity index (χ4n) is 3.28. The Morgan fingerprint density at radius 3 is 2.31 bits per heavy atom. The fraction of sp³-hybridized carbons (Fsp3) is 0.0833. The van der Waals surface area contributed by atoms with Crippen LogP contribution in [0.1, 0.15) is 21.5 Å². The molecule has 1 amide bonds. The van der Waals surface area contributed by atoms with E-state index in [2.05, 4.69) is 5.32 Å². The lowest BCUT2D eigenvalue weighted by Gasteiger charge is -2.08. The van der Waals surface area contributed by atoms with Crippen molar-refractivity contribution < 1.29 is 17.6 Å². The number of aryl methyl sites for hydroxylation is 1. The van der Waals surface area contributed by atoms with Crippen LogP contribution in [-0.2, 0) is 16.6 Å². The summed E-state index contributed by atoms with van der Waals surface area (Å²) in [4.78, 5) is 24.9. The summed E-state index contributed by atoms with van der Waals surface area (Å²) in [6, 6.07) is 19.6. The number of amides is 1. The van der Waals surface area contributed by atoms with E-state index in [-0.39, 0.29) is 22.8 Å². The summed E-state index contributed by atoms with van der Waals surface area (Å²) in [5.74, 6) is 0.135. The van der Waals surface area contributed by atoms with E-state index in [0.717, 1.165) is 11.1 Å². The molecule has 1 heterocycles. The third-order valence-corrected chi connectivity index (χ3v) is 5.95. The van der Waals surface area contributed by atoms with Gasteiger partial charge < -0.3 is 9.73 Å². The first-order valence-corrected chi connectivity index (χ1v) is 11.3. The lowest BCUT2D eigenvalue weighted by Crippen LogP contribution is -2.22. The fourth-order valence-corrected chi connectivity index (χ4v) is 3.80. The van der Waals surface area contributed by atoms with Crippen LogP contribution in [0.5, 0.6) is 0 Å². The molecular weight excluding hydrogens is 428 g/mol. The zero-order valence-electron chi connectivity index (χ0n) is 17.2. The number of fused-ring (bicyclic) bond motifs is 1. The molecule has 3 aromatic carbocycles. The smallest absolute Gasteiger partial charge is 0.251 e. The Morgan fingerprint density at radius 2 is 1.66 bits per heavy atom. The molecule has 0 radical (unpaired) electrons. The number of sulfonamides is 1. The first-order valence-electron chi connectivity index (χ1n) is 9.75. The van der Waals surface area contributed by atoms with Crippen LogP contribution >= 0.6 is 0 Å². The number of carbonyl (C=O) groups excluding carboxylic acids is 1. The number of benzene rings is 3. The molecule has 1 aromatic heterocycles. The van der Waals surface area contributed by atoms with Crippen LogP contribution in [0.2, 0.25) is 0 Å². The van der Waals surface area contributed by atoms with E-state index >= 15 is 0 Å². The first-order chi connectivity index (χ1) is 15.2. The van der Waals surface area contributed by atoms with Gasteiger partial charge in [-0.1, -0.05) is 35.9 Å². The average molecular weight is 449 g/mol. The third-order valence-electron chi connectivity index (χ3n) is 5.02. The van der Waals surface area contributed by atoms with Crippen molar-refractivity contribution in [2.45, 2.75) is 18.4 Å². The maximum atomic E-state index is 12.5. The molecule has 162 valence electrons. The Balaban J connectivity index is 1.47. The van der Waals surface area contributed by atoms with Crippen molar-refractivity contribution in [2.24, 2.45) is 5.14 Å². The number of carbonyl (C=O) groups is 1. The first kappa shape index (κ1) is 21.5. The minimum Gasteiger partial charge on any atom is -0.456 e. The topological polar surface area (TPSA) is 119 Å². The minimum atomic E-state index is -3.75. The molecule has 4 aromatic rings. The van der Waals surface area contributed by atoms with Crippen LogP contribution in [0.4, 0.5) is 0 Å². The number of nitrogens with one attached hydrogen (secondary N) is 1. The Bertz CT molecular complexity index is 1470. The molecule has 0 atom stereocenters. The van der Waals surface area contributed by atoms with Gasteiger partial charge in [-0.15, -0.1) is 0 Å². The van der Waals surface area contributed by atoms with Crippen molar-refractivity contribution in [3.8, 4) is 11.3 Å². The van der Waals surface area contributed by atoms with Gasteiger partial charge in [-0.25, -0.2) is 13.6 Å². The van der Waals surface area contributed by atoms with Crippen molar-refractivity contribution in [3.63, 3.8) is 0 Å². The molecule has 0 bridgehead atoms. The predicted octanol–water partition coefficient (Wildman–Crippen LogP) is 3.35. The Kier molecular flexibility index (Phi) is 5.65. The van der Waals surface area contributed by atoms with Gasteiger partial charge in [0.15, 0.2) is 5.43 Å². The number of hydrogen-bond acceptors (Lipinski definition) is 5. The summed E-state index contributed by atoms with van der Waals surface area (Å²) in [5, 5.41) is 8.39. The van der Waals surface area contributed by atoms with Gasteiger partial charge in [0.25, 0.3) is 5.91 Å². The van der Waals surface area contributed by atoms with Crippen LogP contribution in [-0.4, -0.2) is 14.3 Å². The second-order valence-electron chi connectivity index (χ2n) is 7.42. The summed E-state index contributed by atoms with van der Waals surface area (Å²) in [5.41, 5.74) is 3.21. The van der Waals surface area contributed by atoms with E-state index < -0.39 is 10.0 Å². The maximum absolute atomic E-state index is 12.5. The molecule has 32 heavy (non-hydrogen) atoms. The van der Waals surface area contributed by atoms with Gasteiger partial charge in [-0.3, -0.25) is 9.59 Å². The van der Waals surface area contributed by atoms with Gasteiger partial charge in [-0.2, -0.15) is 0 Å². The molecule has 0 fully saturated rings. The van der Waals surface area contributed by atoms with Crippen LogP contribution in [0.15, 0.2) is 86.9 Å². The molecule has 0 saturated carbocycles. The molecular formula is C24H20N2O5S. The highest BCUT2D eigenvalue weighted by molar-refractivity contribution is 7.89. The summed E-state index contributed by atoms with van der Waals surface area (Å²) in [6.45, 7) is 2.14. The average Bonchev–Trinajstić information content (AvgIpc) is 2.77. The lowest BCUT2D eigenvalue weighted by molar-refractivity contribution is 0.0951. The highest BCUT2D eigenvalue weighted by Gasteiger charge is 2.11. The van der Waals surface area contributed by atoms with E-state index in [0.29, 0.717) is 27.9 Å². The van der Waals surface area contributed by atoms with Crippen LogP contribution < -0.4 is 15.9 Å². The lowest BCUT2D eigenvalue weighted by atomic mass is 10.1. The van der Waals surface area contributed by atoms with Gasteiger partial charge in [-0.05, 0) is 48.9 Å². The number of hydrogen-bond donors (Lipinski definition) is 2. The van der Waals surface area contributed by atoms with Crippen molar-refractivity contribution >= 4 is 26.9 Å². The van der Waals surface area contributed by atoms with E-state index in [1.54, 1.807) is 48.5 Å². The molecule has 0 aliphatic heterocycles. The van der Waals surface area contributed by atoms with E-state index in [1.807, 2.05) is 13.0 Å². The van der Waals surface area contributed by atoms with Crippen molar-refractivity contribution in [2.75, 3.05) is 0 Å². The van der Waals surface area contributed by atoms with Gasteiger partial charge in [0, 0.05) is 23.7 Å². The Morgan fingerprint density at radius 1 is 0.969 bits per heavy atom. The van der Waals surface area contributed by atoms with Gasteiger partial charge >= 0.3 is 0 Å². The van der Waals surface area contributed by atoms with E-state index in [1.165, 1.54) is 18.2 Å². The van der Waals surface area contributed by atoms with Crippen molar-refractivity contribution in [3.05, 3.63) is 99.7 Å². The molecule has 0 unspecified atom stereocenters. The van der Waals surface area contributed by atoms with Gasteiger partial charge in [0.05, 0.1) is 10.3 Å². The van der Waals surface area contributed by atoms with Crippen molar-refractivity contribution in [1.82, 2.24) is 5.32 Å². The summed E-state index contributed by atoms with van der Waals surface area (Å²) >= 11 is 0. The maximum Gasteiger partial charge on any atom is 0.251 e. The molecule has 8 heteroatoms. The predicted molar refractivity (Wildman–Crippen MR) is 122 cm³/mol. The Labute approximate surface area is 184 Å². The quantitative estimate of drug-likeness (QED) is 0.485. The zero-order valence-corrected chi connectivity index (χ0v) is 18.0. The summed E-state index contributed by atoms with van der Waals surface area (Å²) in [6.07, 6.45) is 0. The van der Waals surface area contributed by atoms with E-state index in [4.69, 9.17) is 9.56 Å². The molecule has 0 spiro atoms. The highest BCUT2D eigenvalue weighted by Crippen LogP contribution is 2.23. The largest absolute Gasteiger partial charge is 0.456 e. The molecule has 4 rings (SSSR count). The molecule has 3 N–H and O–H groups in total. The zero-order chi connectivity index (χ0) is 22.9. The molecule has 0 saturated heterocycles. The summed E-state index contributed by atoms with van der Waals surface area (Å²) < 4.78 is 28.5. The number of nitrogens with two attached hydrogens (primary N) is 1. The van der Waals surface area contributed by atoms with Gasteiger partial charge in [0.2, 0.25) is 10.0 Å². The minimum absolute atomic E-state index is 0.0126.